The van der Waals surface area contributed by atoms with Crippen molar-refractivity contribution in [2.45, 2.75) is 12.8 Å². The summed E-state index contributed by atoms with van der Waals surface area (Å²) in [6.45, 7) is 3.62. The Bertz CT molecular complexity index is 840. The summed E-state index contributed by atoms with van der Waals surface area (Å²) in [5.41, 5.74) is 1.48. The molecule has 0 radical (unpaired) electrons. The van der Waals surface area contributed by atoms with Crippen molar-refractivity contribution in [1.29, 1.82) is 0 Å². The molecule has 2 saturated heterocycles. The van der Waals surface area contributed by atoms with Crippen LogP contribution in [0.5, 0.6) is 0 Å². The molecule has 2 aliphatic rings. The molecular formula is C22H24Cl2N2O2. The van der Waals surface area contributed by atoms with Crippen LogP contribution in [0.15, 0.2) is 48.5 Å². The lowest BCUT2D eigenvalue weighted by molar-refractivity contribution is 0.0754. The van der Waals surface area contributed by atoms with Crippen molar-refractivity contribution in [1.82, 2.24) is 10.2 Å². The average Bonchev–Trinajstić information content (AvgIpc) is 3.06. The molecule has 4 rings (SSSR count). The second-order valence-electron chi connectivity index (χ2n) is 7.43. The Balaban J connectivity index is 0.00000225. The number of likely N-dealkylation sites (tertiary alicyclic amines) is 1. The summed E-state index contributed by atoms with van der Waals surface area (Å²) in [6, 6.07) is 13.9. The number of fused-ring (bicyclic) bond motifs is 1. The molecule has 2 aliphatic heterocycles. The Morgan fingerprint density at radius 2 is 1.46 bits per heavy atom. The molecule has 28 heavy (non-hydrogen) atoms. The highest BCUT2D eigenvalue weighted by Gasteiger charge is 2.32. The highest BCUT2D eigenvalue weighted by molar-refractivity contribution is 6.30. The van der Waals surface area contributed by atoms with Crippen molar-refractivity contribution >= 4 is 35.7 Å². The van der Waals surface area contributed by atoms with Gasteiger partial charge in [0.05, 0.1) is 5.56 Å². The van der Waals surface area contributed by atoms with Crippen LogP contribution in [0.25, 0.3) is 0 Å². The van der Waals surface area contributed by atoms with Crippen LogP contribution in [0.2, 0.25) is 5.02 Å². The fourth-order valence-electron chi connectivity index (χ4n) is 4.22. The average molecular weight is 419 g/mol. The molecule has 4 nitrogen and oxygen atoms in total. The fraction of sp³-hybridized carbons (Fsp3) is 0.364. The molecule has 2 aromatic carbocycles. The topological polar surface area (TPSA) is 49.4 Å². The van der Waals surface area contributed by atoms with Crippen molar-refractivity contribution in [3.05, 3.63) is 70.2 Å². The number of benzene rings is 2. The molecule has 2 fully saturated rings. The molecule has 0 spiro atoms. The molecule has 0 aliphatic carbocycles. The maximum Gasteiger partial charge on any atom is 0.254 e. The molecular weight excluding hydrogens is 395 g/mol. The monoisotopic (exact) mass is 418 g/mol. The van der Waals surface area contributed by atoms with Crippen LogP contribution < -0.4 is 5.32 Å². The van der Waals surface area contributed by atoms with Gasteiger partial charge < -0.3 is 10.2 Å². The van der Waals surface area contributed by atoms with Gasteiger partial charge in [0, 0.05) is 29.2 Å². The number of nitrogens with zero attached hydrogens (tertiary/aromatic N) is 1. The third kappa shape index (κ3) is 4.24. The van der Waals surface area contributed by atoms with Gasteiger partial charge in [-0.3, -0.25) is 9.59 Å². The second kappa shape index (κ2) is 9.08. The van der Waals surface area contributed by atoms with E-state index in [4.69, 9.17) is 11.6 Å². The maximum absolute atomic E-state index is 13.2. The quantitative estimate of drug-likeness (QED) is 0.764. The first kappa shape index (κ1) is 20.8. The Morgan fingerprint density at radius 3 is 2.07 bits per heavy atom. The van der Waals surface area contributed by atoms with E-state index in [1.807, 2.05) is 11.0 Å². The fourth-order valence-corrected chi connectivity index (χ4v) is 4.34. The third-order valence-corrected chi connectivity index (χ3v) is 6.07. The number of amides is 1. The first-order chi connectivity index (χ1) is 13.1. The molecule has 0 unspecified atom stereocenters. The number of rotatable bonds is 3. The first-order valence-corrected chi connectivity index (χ1v) is 9.90. The van der Waals surface area contributed by atoms with E-state index in [2.05, 4.69) is 5.32 Å². The molecule has 0 aromatic heterocycles. The normalized spacial score (nSPS) is 21.4. The Morgan fingerprint density at radius 1 is 0.893 bits per heavy atom. The molecule has 1 amide bonds. The van der Waals surface area contributed by atoms with Crippen molar-refractivity contribution in [2.24, 2.45) is 11.8 Å². The number of hydrogen-bond donors (Lipinski definition) is 1. The van der Waals surface area contributed by atoms with E-state index < -0.39 is 0 Å². The standard InChI is InChI=1S/C22H23ClN2O2.ClH/c23-18-7-5-15(6-8-18)21(26)19-3-1-2-4-20(19)22(27)25-11-9-16-13-24-14-17(16)10-12-25;/h1-8,16-17,24H,9-14H2;1H/t16-,17+;. The number of ketones is 1. The van der Waals surface area contributed by atoms with Gasteiger partial charge in [-0.05, 0) is 68.1 Å². The number of hydrogen-bond acceptors (Lipinski definition) is 3. The Labute approximate surface area is 176 Å². The summed E-state index contributed by atoms with van der Waals surface area (Å²) < 4.78 is 0. The second-order valence-corrected chi connectivity index (χ2v) is 7.87. The van der Waals surface area contributed by atoms with Gasteiger partial charge in [-0.1, -0.05) is 29.8 Å². The SMILES string of the molecule is Cl.O=C(c1ccc(Cl)cc1)c1ccccc1C(=O)N1CC[C@@H]2CNC[C@@H]2CC1. The van der Waals surface area contributed by atoms with Crippen LogP contribution in [-0.4, -0.2) is 42.8 Å². The molecule has 1 N–H and O–H groups in total. The molecule has 0 saturated carbocycles. The van der Waals surface area contributed by atoms with Crippen LogP contribution in [-0.2, 0) is 0 Å². The number of nitrogens with one attached hydrogen (secondary N) is 1. The minimum absolute atomic E-state index is 0. The molecule has 2 atom stereocenters. The lowest BCUT2D eigenvalue weighted by atomic mass is 9.92. The van der Waals surface area contributed by atoms with E-state index in [1.165, 1.54) is 0 Å². The van der Waals surface area contributed by atoms with E-state index in [1.54, 1.807) is 42.5 Å². The zero-order valence-electron chi connectivity index (χ0n) is 15.6. The minimum atomic E-state index is -0.147. The number of carbonyl (C=O) groups excluding carboxylic acids is 2. The first-order valence-electron chi connectivity index (χ1n) is 9.53. The van der Waals surface area contributed by atoms with Gasteiger partial charge in [0.1, 0.15) is 0 Å². The molecule has 2 aromatic rings. The van der Waals surface area contributed by atoms with Crippen LogP contribution in [0.4, 0.5) is 0 Å². The van der Waals surface area contributed by atoms with Gasteiger partial charge in [-0.25, -0.2) is 0 Å². The van der Waals surface area contributed by atoms with Crippen LogP contribution >= 0.6 is 24.0 Å². The lowest BCUT2D eigenvalue weighted by Gasteiger charge is -2.22. The lowest BCUT2D eigenvalue weighted by Crippen LogP contribution is -2.33. The molecule has 6 heteroatoms. The predicted octanol–water partition coefficient (Wildman–Crippen LogP) is 4.06. The smallest absolute Gasteiger partial charge is 0.254 e. The van der Waals surface area contributed by atoms with Crippen molar-refractivity contribution < 1.29 is 9.59 Å². The Hall–Kier alpha value is -1.88. The molecule has 0 bridgehead atoms. The van der Waals surface area contributed by atoms with Gasteiger partial charge in [0.15, 0.2) is 5.78 Å². The van der Waals surface area contributed by atoms with Crippen LogP contribution in [0.1, 0.15) is 39.1 Å². The van der Waals surface area contributed by atoms with Crippen molar-refractivity contribution in [2.75, 3.05) is 26.2 Å². The highest BCUT2D eigenvalue weighted by atomic mass is 35.5. The van der Waals surface area contributed by atoms with E-state index in [0.717, 1.165) is 39.0 Å². The number of halogens is 2. The summed E-state index contributed by atoms with van der Waals surface area (Å²) in [5, 5.41) is 4.04. The molecule has 148 valence electrons. The van der Waals surface area contributed by atoms with Gasteiger partial charge in [0.25, 0.3) is 5.91 Å². The summed E-state index contributed by atoms with van der Waals surface area (Å²) in [6.07, 6.45) is 2.05. The van der Waals surface area contributed by atoms with E-state index in [0.29, 0.717) is 33.5 Å². The zero-order chi connectivity index (χ0) is 18.8. The van der Waals surface area contributed by atoms with Crippen molar-refractivity contribution in [3.63, 3.8) is 0 Å². The Kier molecular flexibility index (Phi) is 6.76. The van der Waals surface area contributed by atoms with E-state index in [9.17, 15) is 9.59 Å². The zero-order valence-corrected chi connectivity index (χ0v) is 17.1. The van der Waals surface area contributed by atoms with Gasteiger partial charge in [0.2, 0.25) is 0 Å². The van der Waals surface area contributed by atoms with Gasteiger partial charge in [-0.15, -0.1) is 12.4 Å². The summed E-state index contributed by atoms with van der Waals surface area (Å²) >= 11 is 5.92. The number of carbonyl (C=O) groups is 2. The van der Waals surface area contributed by atoms with Crippen molar-refractivity contribution in [3.8, 4) is 0 Å². The van der Waals surface area contributed by atoms with Gasteiger partial charge >= 0.3 is 0 Å². The van der Waals surface area contributed by atoms with E-state index >= 15 is 0 Å². The van der Waals surface area contributed by atoms with E-state index in [-0.39, 0.29) is 24.1 Å². The highest BCUT2D eigenvalue weighted by Crippen LogP contribution is 2.28. The molecule has 2 heterocycles. The maximum atomic E-state index is 13.2. The van der Waals surface area contributed by atoms with Crippen LogP contribution in [0, 0.1) is 11.8 Å². The summed E-state index contributed by atoms with van der Waals surface area (Å²) in [7, 11) is 0. The predicted molar refractivity (Wildman–Crippen MR) is 114 cm³/mol. The minimum Gasteiger partial charge on any atom is -0.339 e. The van der Waals surface area contributed by atoms with Gasteiger partial charge in [-0.2, -0.15) is 0 Å². The third-order valence-electron chi connectivity index (χ3n) is 5.82. The largest absolute Gasteiger partial charge is 0.339 e. The summed E-state index contributed by atoms with van der Waals surface area (Å²) in [5.74, 6) is 1.13. The van der Waals surface area contributed by atoms with Crippen LogP contribution in [0.3, 0.4) is 0 Å². The summed E-state index contributed by atoms with van der Waals surface area (Å²) in [4.78, 5) is 28.1.